The Balaban J connectivity index is 0.00000199. The molecule has 0 saturated carbocycles. The molecule has 2 aromatic carbocycles. The van der Waals surface area contributed by atoms with E-state index < -0.39 is 11.9 Å². The molecule has 8 nitrogen and oxygen atoms in total. The first-order valence-corrected chi connectivity index (χ1v) is 11.2. The van der Waals surface area contributed by atoms with Crippen molar-refractivity contribution < 1.29 is 19.1 Å². The number of anilines is 1. The van der Waals surface area contributed by atoms with Crippen molar-refractivity contribution in [2.75, 3.05) is 11.9 Å². The molecule has 3 amide bonds. The number of esters is 1. The Bertz CT molecular complexity index is 1150. The molecule has 1 aromatic heterocycles. The first-order valence-electron chi connectivity index (χ1n) is 11.2. The molecule has 34 heavy (non-hydrogen) atoms. The first kappa shape index (κ1) is 26.2. The number of urea groups is 1. The zero-order valence-electron chi connectivity index (χ0n) is 20.1. The molecule has 5 N–H and O–H groups in total. The molecule has 0 fully saturated rings. The van der Waals surface area contributed by atoms with Gasteiger partial charge in [-0.15, -0.1) is 0 Å². The lowest BCUT2D eigenvalue weighted by atomic mass is 10.1. The van der Waals surface area contributed by atoms with Crippen LogP contribution in [0.15, 0.2) is 54.6 Å². The molecule has 8 heteroatoms. The van der Waals surface area contributed by atoms with Crippen LogP contribution in [0.1, 0.15) is 48.8 Å². The third-order valence-electron chi connectivity index (χ3n) is 5.02. The lowest BCUT2D eigenvalue weighted by Gasteiger charge is -2.17. The molecular formula is C26H32N4O4. The zero-order valence-corrected chi connectivity index (χ0v) is 20.1. The Morgan fingerprint density at radius 3 is 2.21 bits per heavy atom. The fourth-order valence-corrected chi connectivity index (χ4v) is 3.57. The lowest BCUT2D eigenvalue weighted by Crippen LogP contribution is -2.19. The van der Waals surface area contributed by atoms with Crippen molar-refractivity contribution >= 4 is 23.6 Å². The van der Waals surface area contributed by atoms with E-state index in [0.717, 1.165) is 28.2 Å². The number of nitrogens with zero attached hydrogens (tertiary/aromatic N) is 1. The summed E-state index contributed by atoms with van der Waals surface area (Å²) in [5, 5.41) is 2.54. The third kappa shape index (κ3) is 6.48. The number of benzene rings is 2. The summed E-state index contributed by atoms with van der Waals surface area (Å²) in [6, 6.07) is 15.9. The summed E-state index contributed by atoms with van der Waals surface area (Å²) in [5.41, 5.74) is 16.1. The first-order chi connectivity index (χ1) is 16.3. The molecule has 0 spiro atoms. The number of carbonyl (C=O) groups excluding carboxylic acids is 3. The van der Waals surface area contributed by atoms with Gasteiger partial charge in [0, 0.05) is 22.6 Å². The van der Waals surface area contributed by atoms with Crippen molar-refractivity contribution in [3.05, 3.63) is 71.4 Å². The van der Waals surface area contributed by atoms with Gasteiger partial charge in [0.1, 0.15) is 0 Å². The highest BCUT2D eigenvalue weighted by molar-refractivity contribution is 5.93. The van der Waals surface area contributed by atoms with Crippen molar-refractivity contribution in [3.63, 3.8) is 0 Å². The van der Waals surface area contributed by atoms with E-state index in [-0.39, 0.29) is 12.4 Å². The van der Waals surface area contributed by atoms with Crippen LogP contribution in [0.3, 0.4) is 0 Å². The van der Waals surface area contributed by atoms with E-state index in [2.05, 4.69) is 9.88 Å². The van der Waals surface area contributed by atoms with Crippen LogP contribution in [0.25, 0.3) is 16.9 Å². The minimum atomic E-state index is -0.632. The number of nitrogens with one attached hydrogen (secondary N) is 1. The highest BCUT2D eigenvalue weighted by Crippen LogP contribution is 2.30. The number of ether oxygens (including phenoxy) is 1. The smallest absolute Gasteiger partial charge is 0.316 e. The van der Waals surface area contributed by atoms with E-state index in [0.29, 0.717) is 24.3 Å². The highest BCUT2D eigenvalue weighted by Gasteiger charge is 2.16. The van der Waals surface area contributed by atoms with Crippen LogP contribution in [0.2, 0.25) is 0 Å². The fraction of sp³-hybridized carbons (Fsp3) is 0.269. The molecule has 0 unspecified atom stereocenters. The second kappa shape index (κ2) is 12.2. The maximum atomic E-state index is 11.9. The Labute approximate surface area is 199 Å². The average Bonchev–Trinajstić information content (AvgIpc) is 3.23. The van der Waals surface area contributed by atoms with Gasteiger partial charge in [-0.05, 0) is 73.9 Å². The molecule has 0 bridgehead atoms. The summed E-state index contributed by atoms with van der Waals surface area (Å²) < 4.78 is 7.12. The third-order valence-corrected chi connectivity index (χ3v) is 5.02. The number of primary amides is 2. The number of hydrogen-bond donors (Lipinski definition) is 3. The maximum Gasteiger partial charge on any atom is 0.316 e. The van der Waals surface area contributed by atoms with Crippen LogP contribution in [0, 0.1) is 6.92 Å². The van der Waals surface area contributed by atoms with Gasteiger partial charge >= 0.3 is 12.0 Å². The summed E-state index contributed by atoms with van der Waals surface area (Å²) in [5.74, 6) is -0.753. The number of nitrogens with two attached hydrogens (primary N) is 2. The molecule has 3 aromatic rings. The number of hydrogen-bond acceptors (Lipinski definition) is 4. The van der Waals surface area contributed by atoms with Crippen LogP contribution in [0.4, 0.5) is 10.5 Å². The van der Waals surface area contributed by atoms with Crippen LogP contribution in [-0.4, -0.2) is 29.1 Å². The van der Waals surface area contributed by atoms with Gasteiger partial charge in [0.25, 0.3) is 0 Å². The molecule has 0 aliphatic carbocycles. The second-order valence-electron chi connectivity index (χ2n) is 7.28. The summed E-state index contributed by atoms with van der Waals surface area (Å²) in [7, 11) is 0. The molecule has 0 radical (unpaired) electrons. The normalized spacial score (nSPS) is 10.1. The van der Waals surface area contributed by atoms with Crippen LogP contribution >= 0.6 is 0 Å². The predicted octanol–water partition coefficient (Wildman–Crippen LogP) is 4.56. The Morgan fingerprint density at radius 1 is 0.971 bits per heavy atom. The van der Waals surface area contributed by atoms with Gasteiger partial charge < -0.3 is 26.1 Å². The fourth-order valence-electron chi connectivity index (χ4n) is 3.57. The highest BCUT2D eigenvalue weighted by atomic mass is 16.5. The topological polar surface area (TPSA) is 129 Å². The number of rotatable bonds is 8. The Morgan fingerprint density at radius 2 is 1.65 bits per heavy atom. The van der Waals surface area contributed by atoms with Gasteiger partial charge in [0.15, 0.2) is 0 Å². The molecular weight excluding hydrogens is 432 g/mol. The largest absolute Gasteiger partial charge is 0.466 e. The van der Waals surface area contributed by atoms with E-state index in [1.807, 2.05) is 51.1 Å². The van der Waals surface area contributed by atoms with Gasteiger partial charge in [-0.3, -0.25) is 9.59 Å². The van der Waals surface area contributed by atoms with Crippen molar-refractivity contribution in [1.82, 2.24) is 4.57 Å². The monoisotopic (exact) mass is 464 g/mol. The minimum absolute atomic E-state index is 0.247. The lowest BCUT2D eigenvalue weighted by molar-refractivity contribution is -0.143. The SMILES string of the molecule is CC.CCOC(=O)CCc1ccc(-c2ccc(NC(N)=O)cc2)n1-c1ccc(C(N)=O)cc1C. The second-order valence-corrected chi connectivity index (χ2v) is 7.28. The quantitative estimate of drug-likeness (QED) is 0.422. The summed E-state index contributed by atoms with van der Waals surface area (Å²) >= 11 is 0. The van der Waals surface area contributed by atoms with Gasteiger partial charge in [0.05, 0.1) is 18.7 Å². The van der Waals surface area contributed by atoms with E-state index in [1.165, 1.54) is 0 Å². The van der Waals surface area contributed by atoms with Crippen molar-refractivity contribution in [1.29, 1.82) is 0 Å². The van der Waals surface area contributed by atoms with Crippen molar-refractivity contribution in [3.8, 4) is 16.9 Å². The molecule has 0 aliphatic heterocycles. The summed E-state index contributed by atoms with van der Waals surface area (Å²) in [6.07, 6.45) is 0.730. The maximum absolute atomic E-state index is 11.9. The Hall–Kier alpha value is -4.07. The number of carbonyl (C=O) groups is 3. The average molecular weight is 465 g/mol. The predicted molar refractivity (Wildman–Crippen MR) is 134 cm³/mol. The van der Waals surface area contributed by atoms with Gasteiger partial charge in [0.2, 0.25) is 5.91 Å². The van der Waals surface area contributed by atoms with Crippen LogP contribution in [-0.2, 0) is 16.0 Å². The van der Waals surface area contributed by atoms with Crippen molar-refractivity contribution in [2.24, 2.45) is 11.5 Å². The molecule has 0 aliphatic rings. The zero-order chi connectivity index (χ0) is 25.3. The Kier molecular flexibility index (Phi) is 9.43. The van der Waals surface area contributed by atoms with Crippen LogP contribution in [0.5, 0.6) is 0 Å². The van der Waals surface area contributed by atoms with Crippen LogP contribution < -0.4 is 16.8 Å². The molecule has 3 rings (SSSR count). The molecule has 0 atom stereocenters. The van der Waals surface area contributed by atoms with Crippen molar-refractivity contribution in [2.45, 2.75) is 40.5 Å². The van der Waals surface area contributed by atoms with E-state index in [1.54, 1.807) is 31.2 Å². The summed E-state index contributed by atoms with van der Waals surface area (Å²) in [6.45, 7) is 8.02. The van der Waals surface area contributed by atoms with E-state index in [4.69, 9.17) is 16.2 Å². The molecule has 180 valence electrons. The molecule has 0 saturated heterocycles. The van der Waals surface area contributed by atoms with Gasteiger partial charge in [-0.2, -0.15) is 0 Å². The minimum Gasteiger partial charge on any atom is -0.466 e. The number of aromatic nitrogens is 1. The van der Waals surface area contributed by atoms with Gasteiger partial charge in [-0.1, -0.05) is 26.0 Å². The standard InChI is InChI=1S/C24H26N4O4.C2H6/c1-3-32-22(29)13-10-19-9-12-21(16-4-7-18(8-5-16)27-24(26)31)28(19)20-11-6-17(23(25)30)14-15(20)2;1-2/h4-9,11-12,14H,3,10,13H2,1-2H3,(H2,25,30)(H3,26,27,31);1-2H3. The molecule has 1 heterocycles. The van der Waals surface area contributed by atoms with Gasteiger partial charge in [-0.25, -0.2) is 4.79 Å². The van der Waals surface area contributed by atoms with E-state index in [9.17, 15) is 14.4 Å². The number of aryl methyl sites for hydroxylation is 2. The summed E-state index contributed by atoms with van der Waals surface area (Å²) in [4.78, 5) is 34.6. The van der Waals surface area contributed by atoms with E-state index >= 15 is 0 Å². The number of amides is 3.